The van der Waals surface area contributed by atoms with Crippen LogP contribution in [0.5, 0.6) is 0 Å². The first-order valence-electron chi connectivity index (χ1n) is 8.43. The van der Waals surface area contributed by atoms with Crippen LogP contribution in [0.3, 0.4) is 0 Å². The number of nitriles is 1. The number of nitrogens with two attached hydrogens (primary N) is 1. The van der Waals surface area contributed by atoms with Crippen LogP contribution in [0.4, 0.5) is 10.3 Å². The Morgan fingerprint density at radius 3 is 2.67 bits per heavy atom. The zero-order chi connectivity index (χ0) is 19.6. The molecule has 1 fully saturated rings. The van der Waals surface area contributed by atoms with E-state index in [1.54, 1.807) is 6.07 Å². The van der Waals surface area contributed by atoms with Crippen molar-refractivity contribution < 1.29 is 14.3 Å². The smallest absolute Gasteiger partial charge is 0.323 e. The molecule has 1 aromatic heterocycles. The molecule has 3 rings (SSSR count). The minimum absolute atomic E-state index is 0.0525. The van der Waals surface area contributed by atoms with E-state index in [9.17, 15) is 14.0 Å². The van der Waals surface area contributed by atoms with E-state index in [1.165, 1.54) is 18.2 Å². The first kappa shape index (κ1) is 18.5. The molecule has 140 valence electrons. The SMILES string of the molecule is N#Cc1ccc(-c2cc(=O)n(CC(=O)O)c(N3CCC(N)CC3)n2)cc1F. The largest absolute Gasteiger partial charge is 0.480 e. The Hall–Kier alpha value is -3.25. The number of anilines is 1. The van der Waals surface area contributed by atoms with Gasteiger partial charge in [0.2, 0.25) is 5.95 Å². The summed E-state index contributed by atoms with van der Waals surface area (Å²) in [4.78, 5) is 30.0. The van der Waals surface area contributed by atoms with Gasteiger partial charge >= 0.3 is 5.97 Å². The summed E-state index contributed by atoms with van der Waals surface area (Å²) in [5, 5.41) is 18.0. The van der Waals surface area contributed by atoms with Crippen molar-refractivity contribution in [3.8, 4) is 17.3 Å². The molecule has 9 heteroatoms. The highest BCUT2D eigenvalue weighted by Crippen LogP contribution is 2.23. The molecule has 1 aromatic carbocycles. The maximum absolute atomic E-state index is 14.0. The normalized spacial score (nSPS) is 14.8. The lowest BCUT2D eigenvalue weighted by Gasteiger charge is -2.32. The molecule has 2 heterocycles. The predicted molar refractivity (Wildman–Crippen MR) is 95.7 cm³/mol. The number of carboxylic acid groups (broad SMARTS) is 1. The van der Waals surface area contributed by atoms with Gasteiger partial charge in [-0.15, -0.1) is 0 Å². The molecular weight excluding hydrogens is 353 g/mol. The van der Waals surface area contributed by atoms with Crippen LogP contribution in [0.1, 0.15) is 18.4 Å². The topological polar surface area (TPSA) is 125 Å². The number of hydrogen-bond acceptors (Lipinski definition) is 6. The van der Waals surface area contributed by atoms with E-state index in [2.05, 4.69) is 4.98 Å². The monoisotopic (exact) mass is 371 g/mol. The van der Waals surface area contributed by atoms with Gasteiger partial charge in [-0.1, -0.05) is 6.07 Å². The molecule has 8 nitrogen and oxygen atoms in total. The molecule has 0 radical (unpaired) electrons. The van der Waals surface area contributed by atoms with Crippen LogP contribution < -0.4 is 16.2 Å². The highest BCUT2D eigenvalue weighted by atomic mass is 19.1. The van der Waals surface area contributed by atoms with Gasteiger partial charge < -0.3 is 15.7 Å². The van der Waals surface area contributed by atoms with Crippen LogP contribution in [0.2, 0.25) is 0 Å². The third-order valence-electron chi connectivity index (χ3n) is 4.49. The van der Waals surface area contributed by atoms with E-state index in [-0.39, 0.29) is 23.2 Å². The van der Waals surface area contributed by atoms with Crippen LogP contribution in [0, 0.1) is 17.1 Å². The van der Waals surface area contributed by atoms with Gasteiger partial charge in [0, 0.05) is 30.8 Å². The van der Waals surface area contributed by atoms with E-state index in [4.69, 9.17) is 16.1 Å². The third kappa shape index (κ3) is 3.96. The Balaban J connectivity index is 2.09. The van der Waals surface area contributed by atoms with Crippen LogP contribution in [-0.2, 0) is 11.3 Å². The Morgan fingerprint density at radius 1 is 1.37 bits per heavy atom. The van der Waals surface area contributed by atoms with Gasteiger partial charge in [0.1, 0.15) is 18.4 Å². The van der Waals surface area contributed by atoms with Gasteiger partial charge in [-0.3, -0.25) is 14.2 Å². The fourth-order valence-electron chi connectivity index (χ4n) is 3.03. The molecule has 0 unspecified atom stereocenters. The van der Waals surface area contributed by atoms with Crippen molar-refractivity contribution in [2.45, 2.75) is 25.4 Å². The molecule has 0 atom stereocenters. The average Bonchev–Trinajstić information content (AvgIpc) is 2.63. The molecule has 0 amide bonds. The number of aromatic nitrogens is 2. The maximum atomic E-state index is 14.0. The second kappa shape index (κ2) is 7.55. The average molecular weight is 371 g/mol. The summed E-state index contributed by atoms with van der Waals surface area (Å²) in [5.41, 5.74) is 5.81. The maximum Gasteiger partial charge on any atom is 0.323 e. The number of benzene rings is 1. The van der Waals surface area contributed by atoms with Gasteiger partial charge in [-0.25, -0.2) is 9.37 Å². The first-order chi connectivity index (χ1) is 12.9. The van der Waals surface area contributed by atoms with Gasteiger partial charge in [0.15, 0.2) is 0 Å². The fraction of sp³-hybridized carbons (Fsp3) is 0.333. The summed E-state index contributed by atoms with van der Waals surface area (Å²) in [7, 11) is 0. The molecule has 0 saturated carbocycles. The zero-order valence-corrected chi connectivity index (χ0v) is 14.4. The van der Waals surface area contributed by atoms with Crippen molar-refractivity contribution in [1.82, 2.24) is 9.55 Å². The Kier molecular flexibility index (Phi) is 5.19. The molecule has 0 bridgehead atoms. The lowest BCUT2D eigenvalue weighted by atomic mass is 10.1. The Bertz CT molecular complexity index is 974. The van der Waals surface area contributed by atoms with Crippen molar-refractivity contribution in [3.63, 3.8) is 0 Å². The number of rotatable bonds is 4. The number of aliphatic carboxylic acids is 1. The van der Waals surface area contributed by atoms with Crippen LogP contribution >= 0.6 is 0 Å². The number of carbonyl (C=O) groups is 1. The van der Waals surface area contributed by atoms with E-state index in [0.29, 0.717) is 31.5 Å². The minimum atomic E-state index is -1.16. The first-order valence-corrected chi connectivity index (χ1v) is 8.43. The summed E-state index contributed by atoms with van der Waals surface area (Å²) in [6.07, 6.45) is 1.39. The molecule has 1 saturated heterocycles. The minimum Gasteiger partial charge on any atom is -0.480 e. The quantitative estimate of drug-likeness (QED) is 0.819. The van der Waals surface area contributed by atoms with Crippen LogP contribution in [0.25, 0.3) is 11.3 Å². The van der Waals surface area contributed by atoms with Crippen molar-refractivity contribution in [2.75, 3.05) is 18.0 Å². The van der Waals surface area contributed by atoms with Gasteiger partial charge in [0.05, 0.1) is 11.3 Å². The lowest BCUT2D eigenvalue weighted by molar-refractivity contribution is -0.137. The lowest BCUT2D eigenvalue weighted by Crippen LogP contribution is -2.43. The van der Waals surface area contributed by atoms with Crippen molar-refractivity contribution >= 4 is 11.9 Å². The summed E-state index contributed by atoms with van der Waals surface area (Å²) in [5.74, 6) is -1.65. The Labute approximate surface area is 154 Å². The predicted octanol–water partition coefficient (Wildman–Crippen LogP) is 0.933. The van der Waals surface area contributed by atoms with Crippen LogP contribution in [-0.4, -0.2) is 39.8 Å². The number of carboxylic acids is 1. The molecular formula is C18H18FN5O3. The Morgan fingerprint density at radius 2 is 2.07 bits per heavy atom. The molecule has 0 spiro atoms. The van der Waals surface area contributed by atoms with E-state index >= 15 is 0 Å². The summed E-state index contributed by atoms with van der Waals surface area (Å²) >= 11 is 0. The number of piperidine rings is 1. The van der Waals surface area contributed by atoms with Crippen LogP contribution in [0.15, 0.2) is 29.1 Å². The summed E-state index contributed by atoms with van der Waals surface area (Å²) < 4.78 is 15.0. The third-order valence-corrected chi connectivity index (χ3v) is 4.49. The van der Waals surface area contributed by atoms with E-state index in [0.717, 1.165) is 10.6 Å². The highest BCUT2D eigenvalue weighted by molar-refractivity contribution is 5.68. The van der Waals surface area contributed by atoms with Crippen molar-refractivity contribution in [2.24, 2.45) is 5.73 Å². The second-order valence-corrected chi connectivity index (χ2v) is 6.39. The van der Waals surface area contributed by atoms with Crippen molar-refractivity contribution in [3.05, 3.63) is 46.0 Å². The number of halogens is 1. The highest BCUT2D eigenvalue weighted by Gasteiger charge is 2.22. The number of hydrogen-bond donors (Lipinski definition) is 2. The molecule has 2 aromatic rings. The standard InChI is InChI=1S/C18H18FN5O3/c19-14-7-11(1-2-12(14)9-20)15-8-16(25)24(10-17(26)27)18(22-15)23-5-3-13(21)4-6-23/h1-2,7-8,13H,3-6,10,21H2,(H,26,27). The number of nitrogens with zero attached hydrogens (tertiary/aromatic N) is 4. The summed E-state index contributed by atoms with van der Waals surface area (Å²) in [6.45, 7) is 0.558. The molecule has 1 aliphatic rings. The zero-order valence-electron chi connectivity index (χ0n) is 14.4. The second-order valence-electron chi connectivity index (χ2n) is 6.39. The fourth-order valence-corrected chi connectivity index (χ4v) is 3.03. The van der Waals surface area contributed by atoms with Gasteiger partial charge in [-0.2, -0.15) is 5.26 Å². The van der Waals surface area contributed by atoms with E-state index in [1.807, 2.05) is 4.90 Å². The molecule has 3 N–H and O–H groups in total. The van der Waals surface area contributed by atoms with Crippen molar-refractivity contribution in [1.29, 1.82) is 5.26 Å². The van der Waals surface area contributed by atoms with Gasteiger partial charge in [0.25, 0.3) is 5.56 Å². The molecule has 27 heavy (non-hydrogen) atoms. The summed E-state index contributed by atoms with van der Waals surface area (Å²) in [6, 6.07) is 6.91. The van der Waals surface area contributed by atoms with E-state index < -0.39 is 23.9 Å². The molecule has 0 aliphatic carbocycles. The van der Waals surface area contributed by atoms with Gasteiger partial charge in [-0.05, 0) is 25.0 Å². The molecule has 1 aliphatic heterocycles.